The second-order valence-corrected chi connectivity index (χ2v) is 7.28. The molecule has 2 N–H and O–H groups in total. The second kappa shape index (κ2) is 9.71. The van der Waals surface area contributed by atoms with E-state index in [1.54, 1.807) is 44.7 Å². The van der Waals surface area contributed by atoms with Crippen molar-refractivity contribution in [1.82, 2.24) is 15.3 Å². The van der Waals surface area contributed by atoms with Crippen LogP contribution in [0.3, 0.4) is 0 Å². The number of hydrogen-bond donors (Lipinski definition) is 2. The van der Waals surface area contributed by atoms with Gasteiger partial charge in [0.1, 0.15) is 17.3 Å². The van der Waals surface area contributed by atoms with Gasteiger partial charge in [-0.3, -0.25) is 4.79 Å². The molecule has 33 heavy (non-hydrogen) atoms. The van der Waals surface area contributed by atoms with E-state index in [0.717, 1.165) is 39.7 Å². The van der Waals surface area contributed by atoms with Crippen LogP contribution in [0.1, 0.15) is 21.5 Å². The SMILES string of the molecule is COc1ccc(OC)c(-c2cnc(-c3ccc(CNC(=O)c4cccc(C#N)c4)cc3)[nH]2)c1. The van der Waals surface area contributed by atoms with Crippen molar-refractivity contribution < 1.29 is 14.3 Å². The van der Waals surface area contributed by atoms with Gasteiger partial charge < -0.3 is 19.8 Å². The average molecular weight is 438 g/mol. The molecular weight excluding hydrogens is 416 g/mol. The molecule has 164 valence electrons. The van der Waals surface area contributed by atoms with E-state index in [9.17, 15) is 4.79 Å². The number of amides is 1. The molecule has 0 atom stereocenters. The maximum atomic E-state index is 12.4. The van der Waals surface area contributed by atoms with E-state index in [0.29, 0.717) is 17.7 Å². The summed E-state index contributed by atoms with van der Waals surface area (Å²) in [5.41, 5.74) is 4.45. The van der Waals surface area contributed by atoms with Gasteiger partial charge in [0.15, 0.2) is 0 Å². The number of rotatable bonds is 7. The zero-order valence-corrected chi connectivity index (χ0v) is 18.3. The van der Waals surface area contributed by atoms with E-state index < -0.39 is 0 Å². The molecule has 1 amide bonds. The van der Waals surface area contributed by atoms with E-state index in [1.165, 1.54) is 0 Å². The topological polar surface area (TPSA) is 100 Å². The Bertz CT molecular complexity index is 1320. The van der Waals surface area contributed by atoms with Crippen LogP contribution in [0.4, 0.5) is 0 Å². The molecule has 3 aromatic carbocycles. The number of aromatic amines is 1. The van der Waals surface area contributed by atoms with Gasteiger partial charge >= 0.3 is 0 Å². The minimum absolute atomic E-state index is 0.223. The zero-order chi connectivity index (χ0) is 23.2. The first-order chi connectivity index (χ1) is 16.1. The maximum absolute atomic E-state index is 12.4. The first kappa shape index (κ1) is 21.7. The van der Waals surface area contributed by atoms with E-state index in [-0.39, 0.29) is 5.91 Å². The van der Waals surface area contributed by atoms with Crippen LogP contribution in [0.2, 0.25) is 0 Å². The molecule has 0 fully saturated rings. The Morgan fingerprint density at radius 3 is 2.61 bits per heavy atom. The van der Waals surface area contributed by atoms with Crippen LogP contribution >= 0.6 is 0 Å². The summed E-state index contributed by atoms with van der Waals surface area (Å²) in [7, 11) is 3.25. The van der Waals surface area contributed by atoms with Crippen LogP contribution in [0.25, 0.3) is 22.6 Å². The minimum atomic E-state index is -0.223. The van der Waals surface area contributed by atoms with Crippen molar-refractivity contribution in [3.63, 3.8) is 0 Å². The van der Waals surface area contributed by atoms with Crippen molar-refractivity contribution in [2.75, 3.05) is 14.2 Å². The Kier molecular flexibility index (Phi) is 6.37. The lowest BCUT2D eigenvalue weighted by atomic mass is 10.1. The molecule has 4 rings (SSSR count). The van der Waals surface area contributed by atoms with Gasteiger partial charge in [0.25, 0.3) is 5.91 Å². The van der Waals surface area contributed by atoms with Gasteiger partial charge in [0, 0.05) is 23.2 Å². The van der Waals surface area contributed by atoms with Crippen LogP contribution in [0.15, 0.2) is 72.9 Å². The summed E-state index contributed by atoms with van der Waals surface area (Å²) in [6.07, 6.45) is 1.76. The summed E-state index contributed by atoms with van der Waals surface area (Å²) in [5, 5.41) is 11.9. The fourth-order valence-corrected chi connectivity index (χ4v) is 3.42. The smallest absolute Gasteiger partial charge is 0.251 e. The Balaban J connectivity index is 1.46. The summed E-state index contributed by atoms with van der Waals surface area (Å²) in [6.45, 7) is 0.375. The maximum Gasteiger partial charge on any atom is 0.251 e. The number of carbonyl (C=O) groups excluding carboxylic acids is 1. The van der Waals surface area contributed by atoms with Crippen molar-refractivity contribution in [3.8, 4) is 40.2 Å². The van der Waals surface area contributed by atoms with Gasteiger partial charge in [0.05, 0.1) is 37.7 Å². The first-order valence-corrected chi connectivity index (χ1v) is 10.3. The number of methoxy groups -OCH3 is 2. The molecule has 0 bridgehead atoms. The Hall–Kier alpha value is -4.57. The predicted molar refractivity (Wildman–Crippen MR) is 125 cm³/mol. The third-order valence-corrected chi connectivity index (χ3v) is 5.21. The molecule has 0 unspecified atom stereocenters. The second-order valence-electron chi connectivity index (χ2n) is 7.28. The lowest BCUT2D eigenvalue weighted by molar-refractivity contribution is 0.0951. The van der Waals surface area contributed by atoms with Crippen LogP contribution in [0, 0.1) is 11.3 Å². The molecule has 0 spiro atoms. The van der Waals surface area contributed by atoms with Gasteiger partial charge in [-0.05, 0) is 42.0 Å². The van der Waals surface area contributed by atoms with Crippen molar-refractivity contribution in [2.24, 2.45) is 0 Å². The molecule has 0 aliphatic heterocycles. The highest BCUT2D eigenvalue weighted by atomic mass is 16.5. The lowest BCUT2D eigenvalue weighted by Gasteiger charge is -2.09. The van der Waals surface area contributed by atoms with Crippen LogP contribution in [-0.2, 0) is 6.54 Å². The predicted octanol–water partition coefficient (Wildman–Crippen LogP) is 4.56. The fourth-order valence-electron chi connectivity index (χ4n) is 3.42. The summed E-state index contributed by atoms with van der Waals surface area (Å²) < 4.78 is 10.8. The van der Waals surface area contributed by atoms with Gasteiger partial charge in [-0.25, -0.2) is 4.98 Å². The number of benzene rings is 3. The van der Waals surface area contributed by atoms with Gasteiger partial charge in [-0.2, -0.15) is 5.26 Å². The molecule has 7 heteroatoms. The largest absolute Gasteiger partial charge is 0.497 e. The highest BCUT2D eigenvalue weighted by molar-refractivity contribution is 5.94. The molecule has 0 saturated heterocycles. The van der Waals surface area contributed by atoms with Crippen molar-refractivity contribution in [3.05, 3.63) is 89.6 Å². The molecule has 0 radical (unpaired) electrons. The zero-order valence-electron chi connectivity index (χ0n) is 18.3. The number of nitrogens with zero attached hydrogens (tertiary/aromatic N) is 2. The van der Waals surface area contributed by atoms with Gasteiger partial charge in [0.2, 0.25) is 0 Å². The summed E-state index contributed by atoms with van der Waals surface area (Å²) in [6, 6.07) is 22.0. The summed E-state index contributed by atoms with van der Waals surface area (Å²) in [4.78, 5) is 20.2. The van der Waals surface area contributed by atoms with E-state index >= 15 is 0 Å². The number of nitrogens with one attached hydrogen (secondary N) is 2. The highest BCUT2D eigenvalue weighted by Gasteiger charge is 2.12. The number of nitriles is 1. The lowest BCUT2D eigenvalue weighted by Crippen LogP contribution is -2.22. The number of H-pyrrole nitrogens is 1. The number of imidazole rings is 1. The minimum Gasteiger partial charge on any atom is -0.497 e. The molecule has 0 saturated carbocycles. The summed E-state index contributed by atoms with van der Waals surface area (Å²) in [5.74, 6) is 1.95. The molecule has 1 heterocycles. The van der Waals surface area contributed by atoms with Crippen molar-refractivity contribution in [1.29, 1.82) is 5.26 Å². The number of hydrogen-bond acceptors (Lipinski definition) is 5. The molecule has 0 aliphatic carbocycles. The molecule has 0 aliphatic rings. The monoisotopic (exact) mass is 438 g/mol. The molecule has 4 aromatic rings. The summed E-state index contributed by atoms with van der Waals surface area (Å²) >= 11 is 0. The fraction of sp³-hybridized carbons (Fsp3) is 0.115. The van der Waals surface area contributed by atoms with Gasteiger partial charge in [-0.15, -0.1) is 0 Å². The van der Waals surface area contributed by atoms with Crippen LogP contribution < -0.4 is 14.8 Å². The normalized spacial score (nSPS) is 10.3. The van der Waals surface area contributed by atoms with E-state index in [4.69, 9.17) is 14.7 Å². The molecular formula is C26H22N4O3. The highest BCUT2D eigenvalue weighted by Crippen LogP contribution is 2.33. The van der Waals surface area contributed by atoms with Crippen LogP contribution in [0.5, 0.6) is 11.5 Å². The quantitative estimate of drug-likeness (QED) is 0.441. The van der Waals surface area contributed by atoms with Crippen molar-refractivity contribution >= 4 is 5.91 Å². The number of aromatic nitrogens is 2. The first-order valence-electron chi connectivity index (χ1n) is 10.3. The Labute approximate surface area is 191 Å². The van der Waals surface area contributed by atoms with Crippen LogP contribution in [-0.4, -0.2) is 30.1 Å². The third-order valence-electron chi connectivity index (χ3n) is 5.21. The van der Waals surface area contributed by atoms with E-state index in [2.05, 4.69) is 15.3 Å². The molecule has 7 nitrogen and oxygen atoms in total. The standard InChI is InChI=1S/C26H22N4O3/c1-32-21-10-11-24(33-2)22(13-21)23-16-28-25(30-23)19-8-6-17(7-9-19)15-29-26(31)20-5-3-4-18(12-20)14-27/h3-13,16H,15H2,1-2H3,(H,28,30)(H,29,31). The Morgan fingerprint density at radius 1 is 1.06 bits per heavy atom. The molecule has 1 aromatic heterocycles. The third kappa shape index (κ3) is 4.86. The average Bonchev–Trinajstić information content (AvgIpc) is 3.37. The van der Waals surface area contributed by atoms with E-state index in [1.807, 2.05) is 48.5 Å². The number of carbonyl (C=O) groups is 1. The van der Waals surface area contributed by atoms with Gasteiger partial charge in [-0.1, -0.05) is 30.3 Å². The number of ether oxygens (including phenoxy) is 2. The van der Waals surface area contributed by atoms with Crippen molar-refractivity contribution in [2.45, 2.75) is 6.54 Å². The Morgan fingerprint density at radius 2 is 1.88 bits per heavy atom.